The van der Waals surface area contributed by atoms with E-state index in [0.29, 0.717) is 6.54 Å². The molecule has 3 fully saturated rings. The third-order valence-electron chi connectivity index (χ3n) is 12.7. The van der Waals surface area contributed by atoms with Gasteiger partial charge in [0.15, 0.2) is 6.29 Å². The van der Waals surface area contributed by atoms with Crippen molar-refractivity contribution in [1.82, 2.24) is 24.7 Å². The maximum atomic E-state index is 13.4. The van der Waals surface area contributed by atoms with Crippen LogP contribution in [0.15, 0.2) is 132 Å². The van der Waals surface area contributed by atoms with Crippen LogP contribution in [0.3, 0.4) is 0 Å². The zero-order valence-electron chi connectivity index (χ0n) is 35.1. The summed E-state index contributed by atoms with van der Waals surface area (Å²) >= 11 is 0. The molecular formula is C50H51N5O8. The predicted octanol–water partition coefficient (Wildman–Crippen LogP) is 7.17. The first-order valence-corrected chi connectivity index (χ1v) is 21.6. The molecule has 3 aliphatic heterocycles. The summed E-state index contributed by atoms with van der Waals surface area (Å²) in [6, 6.07) is 39.7. The first-order valence-electron chi connectivity index (χ1n) is 21.6. The van der Waals surface area contributed by atoms with E-state index < -0.39 is 24.3 Å². The van der Waals surface area contributed by atoms with Crippen LogP contribution in [0.1, 0.15) is 72.4 Å². The topological polar surface area (TPSA) is 155 Å². The van der Waals surface area contributed by atoms with Crippen LogP contribution >= 0.6 is 0 Å². The largest absolute Gasteiger partial charge is 0.445 e. The number of aliphatic hydroxyl groups excluding tert-OH is 1. The molecule has 324 valence electrons. The number of hydrogen-bond acceptors (Lipinski definition) is 9. The number of nitrogens with one attached hydrogen (secondary N) is 2. The average molecular weight is 850 g/mol. The lowest BCUT2D eigenvalue weighted by molar-refractivity contribution is -0.276. The van der Waals surface area contributed by atoms with E-state index in [0.717, 1.165) is 75.9 Å². The number of ether oxygens (including phenoxy) is 3. The number of fused-ring (bicyclic) bond motifs is 1. The highest BCUT2D eigenvalue weighted by molar-refractivity contribution is 6.06. The number of carbonyl (C=O) groups excluding carboxylic acids is 3. The molecule has 3 amide bonds. The molecule has 3 N–H and O–H groups in total. The second-order valence-corrected chi connectivity index (χ2v) is 16.7. The molecule has 0 spiro atoms. The molecule has 3 aliphatic rings. The number of piperidine rings is 1. The number of imide groups is 1. The number of carbonyl (C=O) groups is 3. The number of aliphatic hydroxyl groups is 1. The maximum Gasteiger partial charge on any atom is 0.408 e. The molecule has 1 aromatic heterocycles. The van der Waals surface area contributed by atoms with E-state index in [2.05, 4.69) is 22.1 Å². The van der Waals surface area contributed by atoms with E-state index in [4.69, 9.17) is 14.2 Å². The maximum absolute atomic E-state index is 13.4. The summed E-state index contributed by atoms with van der Waals surface area (Å²) in [7, 11) is 0. The number of alkyl carbamates (subject to hydrolysis) is 1. The lowest BCUT2D eigenvalue weighted by atomic mass is 9.89. The Labute approximate surface area is 365 Å². The molecule has 13 nitrogen and oxygen atoms in total. The van der Waals surface area contributed by atoms with Gasteiger partial charge in [0, 0.05) is 37.2 Å². The molecule has 0 saturated carbocycles. The van der Waals surface area contributed by atoms with Crippen LogP contribution in [0.5, 0.6) is 0 Å². The van der Waals surface area contributed by atoms with Gasteiger partial charge in [0.2, 0.25) is 5.91 Å². The van der Waals surface area contributed by atoms with Crippen molar-refractivity contribution in [3.63, 3.8) is 0 Å². The quantitative estimate of drug-likeness (QED) is 0.109. The second-order valence-electron chi connectivity index (χ2n) is 16.7. The molecule has 9 rings (SSSR count). The van der Waals surface area contributed by atoms with Crippen LogP contribution in [-0.4, -0.2) is 74.1 Å². The highest BCUT2D eigenvalue weighted by atomic mass is 16.7. The second kappa shape index (κ2) is 18.5. The van der Waals surface area contributed by atoms with Crippen LogP contribution in [0.25, 0.3) is 22.2 Å². The van der Waals surface area contributed by atoms with Gasteiger partial charge in [-0.25, -0.2) is 9.59 Å². The smallest absolute Gasteiger partial charge is 0.408 e. The van der Waals surface area contributed by atoms with Crippen molar-refractivity contribution in [3.05, 3.63) is 166 Å². The molecule has 4 heterocycles. The predicted molar refractivity (Wildman–Crippen MR) is 236 cm³/mol. The van der Waals surface area contributed by atoms with Crippen molar-refractivity contribution in [1.29, 1.82) is 0 Å². The number of rotatable bonds is 12. The van der Waals surface area contributed by atoms with Gasteiger partial charge in [-0.3, -0.25) is 19.1 Å². The van der Waals surface area contributed by atoms with Gasteiger partial charge in [-0.2, -0.15) is 0 Å². The molecule has 5 unspecified atom stereocenters. The number of amides is 3. The van der Waals surface area contributed by atoms with E-state index in [-0.39, 0.29) is 61.9 Å². The molecule has 6 aromatic rings. The zero-order valence-corrected chi connectivity index (χ0v) is 35.1. The summed E-state index contributed by atoms with van der Waals surface area (Å²) in [5, 5.41) is 12.3. The number of benzene rings is 5. The number of para-hydroxylation sites is 2. The minimum absolute atomic E-state index is 0.00655. The van der Waals surface area contributed by atoms with Crippen molar-refractivity contribution in [2.45, 2.75) is 76.5 Å². The molecule has 13 heteroatoms. The number of likely N-dealkylation sites (tertiary alicyclic amines) is 2. The lowest BCUT2D eigenvalue weighted by Gasteiger charge is -2.44. The fourth-order valence-corrected chi connectivity index (χ4v) is 9.18. The van der Waals surface area contributed by atoms with Gasteiger partial charge >= 0.3 is 11.8 Å². The molecule has 5 aromatic carbocycles. The van der Waals surface area contributed by atoms with Crippen molar-refractivity contribution < 1.29 is 33.7 Å². The van der Waals surface area contributed by atoms with Crippen molar-refractivity contribution in [2.24, 2.45) is 5.92 Å². The van der Waals surface area contributed by atoms with Crippen LogP contribution in [0.2, 0.25) is 0 Å². The van der Waals surface area contributed by atoms with Crippen LogP contribution in [-0.2, 0) is 43.6 Å². The monoisotopic (exact) mass is 849 g/mol. The van der Waals surface area contributed by atoms with Gasteiger partial charge in [-0.1, -0.05) is 122 Å². The molecule has 0 aliphatic carbocycles. The third kappa shape index (κ3) is 9.09. The molecule has 0 radical (unpaired) electrons. The van der Waals surface area contributed by atoms with E-state index in [1.165, 1.54) is 4.90 Å². The number of nitrogens with zero attached hydrogens (tertiary/aromatic N) is 3. The molecular weight excluding hydrogens is 799 g/mol. The van der Waals surface area contributed by atoms with Crippen LogP contribution in [0.4, 0.5) is 4.79 Å². The number of aromatic amines is 1. The van der Waals surface area contributed by atoms with E-state index in [9.17, 15) is 24.3 Å². The fraction of sp³-hybridized carbons (Fsp3) is 0.320. The molecule has 0 bridgehead atoms. The fourth-order valence-electron chi connectivity index (χ4n) is 9.18. The normalized spacial score (nSPS) is 22.1. The average Bonchev–Trinajstić information content (AvgIpc) is 3.79. The highest BCUT2D eigenvalue weighted by Crippen LogP contribution is 2.43. The van der Waals surface area contributed by atoms with Gasteiger partial charge in [0.1, 0.15) is 12.6 Å². The van der Waals surface area contributed by atoms with Crippen LogP contribution < -0.4 is 11.0 Å². The van der Waals surface area contributed by atoms with Gasteiger partial charge in [0.05, 0.1) is 42.8 Å². The summed E-state index contributed by atoms with van der Waals surface area (Å²) in [5.74, 6) is -0.845. The minimum atomic E-state index is -1.01. The standard InChI is InChI=1S/C50H51N5O8/c1-32-44(29-53-25-23-39(24-26-53)55-43-14-8-7-13-41(43)51-49(55)59)62-48(63-46(32)36-17-15-33(30-56)16-18-36)37-21-19-35(20-22-37)40-12-6-5-11-38(40)28-54-45(57)27-42(47(54)58)52-50(60)61-31-34-9-3-2-4-10-34/h2-22,32,39,42,44,46,48,56H,23-31H2,1H3,(H,51,59)(H,52,60). The summed E-state index contributed by atoms with van der Waals surface area (Å²) in [4.78, 5) is 58.7. The first-order chi connectivity index (χ1) is 30.7. The summed E-state index contributed by atoms with van der Waals surface area (Å²) in [5.41, 5.74) is 7.75. The number of imidazole rings is 1. The Balaban J connectivity index is 0.883. The Morgan fingerprint density at radius 2 is 1.51 bits per heavy atom. The summed E-state index contributed by atoms with van der Waals surface area (Å²) < 4.78 is 20.8. The van der Waals surface area contributed by atoms with E-state index in [1.54, 1.807) is 0 Å². The Morgan fingerprint density at radius 1 is 0.810 bits per heavy atom. The van der Waals surface area contributed by atoms with Gasteiger partial charge < -0.3 is 34.5 Å². The Morgan fingerprint density at radius 3 is 2.27 bits per heavy atom. The number of H-pyrrole nitrogens is 1. The van der Waals surface area contributed by atoms with E-state index >= 15 is 0 Å². The Kier molecular flexibility index (Phi) is 12.3. The summed E-state index contributed by atoms with van der Waals surface area (Å²) in [6.45, 7) is 4.57. The zero-order chi connectivity index (χ0) is 43.5. The Bertz CT molecular complexity index is 2620. The van der Waals surface area contributed by atoms with E-state index in [1.807, 2.05) is 132 Å². The SMILES string of the molecule is CC1C(CN2CCC(n3c(=O)[nH]c4ccccc43)CC2)OC(c2ccc(-c3ccccc3CN3C(=O)CC(NC(=O)OCc4ccccc4)C3=O)cc2)OC1c1ccc(CO)cc1. The third-order valence-corrected chi connectivity index (χ3v) is 12.7. The molecule has 5 atom stereocenters. The van der Waals surface area contributed by atoms with Gasteiger partial charge in [-0.05, 0) is 58.4 Å². The van der Waals surface area contributed by atoms with Crippen molar-refractivity contribution in [3.8, 4) is 11.1 Å². The van der Waals surface area contributed by atoms with Crippen molar-refractivity contribution in [2.75, 3.05) is 19.6 Å². The van der Waals surface area contributed by atoms with Crippen molar-refractivity contribution >= 4 is 28.9 Å². The number of hydrogen-bond donors (Lipinski definition) is 3. The lowest BCUT2D eigenvalue weighted by Crippen LogP contribution is -2.47. The number of aromatic nitrogens is 2. The van der Waals surface area contributed by atoms with Gasteiger partial charge in [-0.15, -0.1) is 0 Å². The highest BCUT2D eigenvalue weighted by Gasteiger charge is 2.41. The molecule has 63 heavy (non-hydrogen) atoms. The van der Waals surface area contributed by atoms with Crippen LogP contribution in [0, 0.1) is 5.92 Å². The summed E-state index contributed by atoms with van der Waals surface area (Å²) in [6.07, 6.45) is -0.315. The molecule has 3 saturated heterocycles. The minimum Gasteiger partial charge on any atom is -0.445 e. The van der Waals surface area contributed by atoms with Gasteiger partial charge in [0.25, 0.3) is 5.91 Å². The Hall–Kier alpha value is -6.38. The first kappa shape index (κ1) is 41.9.